The van der Waals surface area contributed by atoms with E-state index < -0.39 is 0 Å². The molecular weight excluding hydrogens is 272 g/mol. The van der Waals surface area contributed by atoms with Gasteiger partial charge in [0.1, 0.15) is 5.75 Å². The molecule has 0 saturated heterocycles. The van der Waals surface area contributed by atoms with Crippen molar-refractivity contribution in [1.29, 1.82) is 0 Å². The Hall–Kier alpha value is -1.83. The third-order valence-electron chi connectivity index (χ3n) is 3.54. The smallest absolute Gasteiger partial charge is 0.336 e. The Kier molecular flexibility index (Phi) is 7.10. The van der Waals surface area contributed by atoms with Gasteiger partial charge in [0.05, 0.1) is 0 Å². The van der Waals surface area contributed by atoms with Crippen molar-refractivity contribution in [3.05, 3.63) is 52.6 Å². The zero-order chi connectivity index (χ0) is 16.7. The molecule has 0 heterocycles. The van der Waals surface area contributed by atoms with Crippen LogP contribution < -0.4 is 4.74 Å². The van der Waals surface area contributed by atoms with Crippen LogP contribution in [0, 0.1) is 6.92 Å². The van der Waals surface area contributed by atoms with E-state index in [0.717, 1.165) is 24.0 Å². The van der Waals surface area contributed by atoms with E-state index in [-0.39, 0.29) is 5.97 Å². The van der Waals surface area contributed by atoms with Crippen molar-refractivity contribution in [2.75, 3.05) is 0 Å². The molecule has 0 aromatic heterocycles. The first-order valence-electron chi connectivity index (χ1n) is 7.92. The van der Waals surface area contributed by atoms with Crippen molar-refractivity contribution < 1.29 is 9.53 Å². The molecular formula is C20H28O2. The fraction of sp³-hybridized carbons (Fsp3) is 0.450. The van der Waals surface area contributed by atoms with Gasteiger partial charge in [-0.15, -0.1) is 0 Å². The Labute approximate surface area is 134 Å². The number of benzene rings is 1. The average Bonchev–Trinajstić information content (AvgIpc) is 2.40. The van der Waals surface area contributed by atoms with Crippen molar-refractivity contribution in [3.63, 3.8) is 0 Å². The van der Waals surface area contributed by atoms with Gasteiger partial charge in [-0.25, -0.2) is 4.79 Å². The minimum atomic E-state index is -0.293. The summed E-state index contributed by atoms with van der Waals surface area (Å²) >= 11 is 0. The number of hydrogen-bond acceptors (Lipinski definition) is 2. The summed E-state index contributed by atoms with van der Waals surface area (Å²) in [4.78, 5) is 12.0. The van der Waals surface area contributed by atoms with Crippen LogP contribution in [0.15, 0.2) is 41.5 Å². The summed E-state index contributed by atoms with van der Waals surface area (Å²) < 4.78 is 5.50. The second kappa shape index (κ2) is 8.57. The van der Waals surface area contributed by atoms with Crippen LogP contribution in [-0.4, -0.2) is 5.97 Å². The molecule has 0 aliphatic carbocycles. The SMILES string of the molecule is CC(C)=CCC/C(C)=C/C(=O)Oc1cc(C(C)C)ccc1C. The Morgan fingerprint density at radius 2 is 1.91 bits per heavy atom. The number of carbonyl (C=O) groups excluding carboxylic acids is 1. The van der Waals surface area contributed by atoms with Gasteiger partial charge in [0, 0.05) is 6.08 Å². The molecule has 1 rings (SSSR count). The number of ether oxygens (including phenoxy) is 1. The standard InChI is InChI=1S/C20H28O2/c1-14(2)8-7-9-16(5)12-20(21)22-19-13-18(15(3)4)11-10-17(19)6/h8,10-13,15H,7,9H2,1-6H3/b16-12+. The second-order valence-corrected chi connectivity index (χ2v) is 6.41. The molecule has 120 valence electrons. The summed E-state index contributed by atoms with van der Waals surface area (Å²) in [5, 5.41) is 0. The number of esters is 1. The Morgan fingerprint density at radius 1 is 1.23 bits per heavy atom. The second-order valence-electron chi connectivity index (χ2n) is 6.41. The van der Waals surface area contributed by atoms with Gasteiger partial charge < -0.3 is 4.74 Å². The fourth-order valence-electron chi connectivity index (χ4n) is 2.09. The van der Waals surface area contributed by atoms with E-state index in [1.807, 2.05) is 26.0 Å². The summed E-state index contributed by atoms with van der Waals surface area (Å²) in [6.07, 6.45) is 5.62. The molecule has 0 N–H and O–H groups in total. The molecule has 22 heavy (non-hydrogen) atoms. The van der Waals surface area contributed by atoms with Crippen LogP contribution in [0.25, 0.3) is 0 Å². The zero-order valence-electron chi connectivity index (χ0n) is 14.7. The molecule has 2 heteroatoms. The van der Waals surface area contributed by atoms with E-state index in [0.29, 0.717) is 11.7 Å². The van der Waals surface area contributed by atoms with Gasteiger partial charge >= 0.3 is 5.97 Å². The van der Waals surface area contributed by atoms with Crippen molar-refractivity contribution in [3.8, 4) is 5.75 Å². The Balaban J connectivity index is 2.72. The molecule has 1 aromatic rings. The highest BCUT2D eigenvalue weighted by molar-refractivity contribution is 5.85. The Morgan fingerprint density at radius 3 is 2.50 bits per heavy atom. The number of carbonyl (C=O) groups is 1. The molecule has 2 nitrogen and oxygen atoms in total. The highest BCUT2D eigenvalue weighted by Crippen LogP contribution is 2.24. The lowest BCUT2D eigenvalue weighted by molar-refractivity contribution is -0.129. The van der Waals surface area contributed by atoms with E-state index in [9.17, 15) is 4.79 Å². The lowest BCUT2D eigenvalue weighted by atomic mass is 10.0. The topological polar surface area (TPSA) is 26.3 Å². The van der Waals surface area contributed by atoms with Crippen LogP contribution in [0.4, 0.5) is 0 Å². The van der Waals surface area contributed by atoms with E-state index in [4.69, 9.17) is 4.74 Å². The van der Waals surface area contributed by atoms with Crippen LogP contribution in [0.1, 0.15) is 64.5 Å². The molecule has 0 amide bonds. The third kappa shape index (κ3) is 6.30. The normalized spacial score (nSPS) is 11.5. The van der Waals surface area contributed by atoms with Crippen LogP contribution in [0.2, 0.25) is 0 Å². The maximum atomic E-state index is 12.0. The predicted molar refractivity (Wildman–Crippen MR) is 93.3 cm³/mol. The Bertz CT molecular complexity index is 573. The first kappa shape index (κ1) is 18.2. The van der Waals surface area contributed by atoms with Crippen molar-refractivity contribution >= 4 is 5.97 Å². The molecule has 0 saturated carbocycles. The van der Waals surface area contributed by atoms with Crippen molar-refractivity contribution in [1.82, 2.24) is 0 Å². The number of rotatable bonds is 6. The summed E-state index contributed by atoms with van der Waals surface area (Å²) in [6, 6.07) is 6.05. The monoisotopic (exact) mass is 300 g/mol. The molecule has 0 fully saturated rings. The van der Waals surface area contributed by atoms with Gasteiger partial charge in [0.2, 0.25) is 0 Å². The highest BCUT2D eigenvalue weighted by Gasteiger charge is 2.08. The van der Waals surface area contributed by atoms with Crippen LogP contribution in [-0.2, 0) is 4.79 Å². The first-order valence-corrected chi connectivity index (χ1v) is 7.92. The highest BCUT2D eigenvalue weighted by atomic mass is 16.5. The molecule has 0 bridgehead atoms. The summed E-state index contributed by atoms with van der Waals surface area (Å²) in [7, 11) is 0. The summed E-state index contributed by atoms with van der Waals surface area (Å²) in [6.45, 7) is 12.3. The first-order chi connectivity index (χ1) is 10.3. The molecule has 0 radical (unpaired) electrons. The fourth-order valence-corrected chi connectivity index (χ4v) is 2.09. The maximum Gasteiger partial charge on any atom is 0.336 e. The number of hydrogen-bond donors (Lipinski definition) is 0. The maximum absolute atomic E-state index is 12.0. The average molecular weight is 300 g/mol. The lowest BCUT2D eigenvalue weighted by Crippen LogP contribution is -2.06. The van der Waals surface area contributed by atoms with Gasteiger partial charge in [-0.2, -0.15) is 0 Å². The molecule has 0 unspecified atom stereocenters. The predicted octanol–water partition coefficient (Wildman–Crippen LogP) is 5.72. The van der Waals surface area contributed by atoms with E-state index in [1.54, 1.807) is 6.08 Å². The summed E-state index contributed by atoms with van der Waals surface area (Å²) in [5.41, 5.74) is 4.50. The number of allylic oxidation sites excluding steroid dienone is 3. The van der Waals surface area contributed by atoms with E-state index >= 15 is 0 Å². The molecule has 0 spiro atoms. The van der Waals surface area contributed by atoms with Gasteiger partial charge in [-0.05, 0) is 63.6 Å². The largest absolute Gasteiger partial charge is 0.423 e. The van der Waals surface area contributed by atoms with Crippen LogP contribution >= 0.6 is 0 Å². The van der Waals surface area contributed by atoms with Crippen LogP contribution in [0.3, 0.4) is 0 Å². The van der Waals surface area contributed by atoms with Gasteiger partial charge in [0.15, 0.2) is 0 Å². The van der Waals surface area contributed by atoms with Crippen LogP contribution in [0.5, 0.6) is 5.75 Å². The minimum absolute atomic E-state index is 0.293. The number of aryl methyl sites for hydroxylation is 1. The third-order valence-corrected chi connectivity index (χ3v) is 3.54. The van der Waals surface area contributed by atoms with Gasteiger partial charge in [-0.1, -0.05) is 43.2 Å². The quantitative estimate of drug-likeness (QED) is 0.291. The van der Waals surface area contributed by atoms with E-state index in [2.05, 4.69) is 39.8 Å². The van der Waals surface area contributed by atoms with E-state index in [1.165, 1.54) is 11.1 Å². The molecule has 0 aliphatic heterocycles. The van der Waals surface area contributed by atoms with Crippen molar-refractivity contribution in [2.45, 2.75) is 60.3 Å². The zero-order valence-corrected chi connectivity index (χ0v) is 14.7. The molecule has 1 aromatic carbocycles. The molecule has 0 atom stereocenters. The lowest BCUT2D eigenvalue weighted by Gasteiger charge is -2.11. The van der Waals surface area contributed by atoms with Gasteiger partial charge in [-0.3, -0.25) is 0 Å². The molecule has 0 aliphatic rings. The van der Waals surface area contributed by atoms with Gasteiger partial charge in [0.25, 0.3) is 0 Å². The minimum Gasteiger partial charge on any atom is -0.423 e. The van der Waals surface area contributed by atoms with Crippen molar-refractivity contribution in [2.24, 2.45) is 0 Å². The summed E-state index contributed by atoms with van der Waals surface area (Å²) in [5.74, 6) is 0.780.